The van der Waals surface area contributed by atoms with Gasteiger partial charge in [-0.1, -0.05) is 42.5 Å². The molecule has 1 aromatic heterocycles. The molecule has 0 saturated heterocycles. The van der Waals surface area contributed by atoms with Crippen molar-refractivity contribution >= 4 is 28.4 Å². The molecule has 0 saturated carbocycles. The number of nitrogens with zero attached hydrogens (tertiary/aromatic N) is 1. The van der Waals surface area contributed by atoms with Crippen LogP contribution in [0.1, 0.15) is 17.2 Å². The number of nitrogens with two attached hydrogens (primary N) is 1. The van der Waals surface area contributed by atoms with Crippen molar-refractivity contribution in [2.45, 2.75) is 6.04 Å². The molecule has 3 aromatic rings. The number of hydrogen-bond donors (Lipinski definition) is 2. The first-order chi connectivity index (χ1) is 10.3. The molecule has 3 nitrogen and oxygen atoms in total. The molecule has 0 amide bonds. The lowest BCUT2D eigenvalue weighted by Crippen LogP contribution is -2.12. The van der Waals surface area contributed by atoms with E-state index in [4.69, 9.17) is 5.73 Å². The Hall–Kier alpha value is -2.81. The van der Waals surface area contributed by atoms with E-state index in [0.717, 1.165) is 11.3 Å². The Labute approximate surface area is 123 Å². The second-order valence-corrected chi connectivity index (χ2v) is 5.28. The Morgan fingerprint density at radius 3 is 2.57 bits per heavy atom. The Morgan fingerprint density at radius 1 is 1.00 bits per heavy atom. The van der Waals surface area contributed by atoms with Gasteiger partial charge in [0.15, 0.2) is 0 Å². The molecule has 3 N–H and O–H groups in total. The Kier molecular flexibility index (Phi) is 2.64. The van der Waals surface area contributed by atoms with E-state index >= 15 is 0 Å². The van der Waals surface area contributed by atoms with Gasteiger partial charge in [-0.15, -0.1) is 0 Å². The van der Waals surface area contributed by atoms with E-state index in [9.17, 15) is 0 Å². The molecule has 2 aromatic carbocycles. The molecule has 4 rings (SSSR count). The molecule has 1 aliphatic rings. The normalized spacial score (nSPS) is 16.5. The average Bonchev–Trinajstić information content (AvgIpc) is 2.53. The quantitative estimate of drug-likeness (QED) is 0.704. The van der Waals surface area contributed by atoms with E-state index in [0.29, 0.717) is 5.82 Å². The number of rotatable bonds is 1. The van der Waals surface area contributed by atoms with Crippen molar-refractivity contribution in [1.29, 1.82) is 0 Å². The molecule has 1 atom stereocenters. The number of fused-ring (bicyclic) bond motifs is 2. The van der Waals surface area contributed by atoms with Gasteiger partial charge in [-0.3, -0.25) is 0 Å². The zero-order valence-corrected chi connectivity index (χ0v) is 11.5. The van der Waals surface area contributed by atoms with Crippen molar-refractivity contribution in [2.24, 2.45) is 0 Å². The van der Waals surface area contributed by atoms with Gasteiger partial charge >= 0.3 is 0 Å². The smallest absolute Gasteiger partial charge is 0.123 e. The Balaban J connectivity index is 1.74. The molecule has 102 valence electrons. The summed E-state index contributed by atoms with van der Waals surface area (Å²) < 4.78 is 0. The minimum Gasteiger partial charge on any atom is -0.384 e. The number of hydrogen-bond acceptors (Lipinski definition) is 3. The first-order valence-corrected chi connectivity index (χ1v) is 6.98. The molecule has 2 heterocycles. The van der Waals surface area contributed by atoms with Crippen LogP contribution in [0, 0.1) is 0 Å². The fourth-order valence-corrected chi connectivity index (χ4v) is 2.73. The van der Waals surface area contributed by atoms with Gasteiger partial charge < -0.3 is 11.1 Å². The lowest BCUT2D eigenvalue weighted by molar-refractivity contribution is 0.967. The molecule has 1 unspecified atom stereocenters. The largest absolute Gasteiger partial charge is 0.384 e. The maximum Gasteiger partial charge on any atom is 0.123 e. The first-order valence-electron chi connectivity index (χ1n) is 6.98. The fourth-order valence-electron chi connectivity index (χ4n) is 2.73. The van der Waals surface area contributed by atoms with Crippen LogP contribution < -0.4 is 11.1 Å². The summed E-state index contributed by atoms with van der Waals surface area (Å²) >= 11 is 0. The van der Waals surface area contributed by atoms with Crippen LogP contribution >= 0.6 is 0 Å². The van der Waals surface area contributed by atoms with Crippen LogP contribution in [-0.4, -0.2) is 4.98 Å². The first kappa shape index (κ1) is 12.0. The molecule has 0 spiro atoms. The molecule has 0 radical (unpaired) electrons. The van der Waals surface area contributed by atoms with Crippen molar-refractivity contribution in [3.8, 4) is 0 Å². The van der Waals surface area contributed by atoms with Crippen LogP contribution in [0.25, 0.3) is 16.8 Å². The van der Waals surface area contributed by atoms with Crippen molar-refractivity contribution in [3.63, 3.8) is 0 Å². The van der Waals surface area contributed by atoms with E-state index in [-0.39, 0.29) is 6.04 Å². The summed E-state index contributed by atoms with van der Waals surface area (Å²) in [5.41, 5.74) is 9.12. The number of pyridine rings is 1. The molecular weight excluding hydrogens is 258 g/mol. The summed E-state index contributed by atoms with van der Waals surface area (Å²) in [4.78, 5) is 4.16. The van der Waals surface area contributed by atoms with Crippen molar-refractivity contribution in [3.05, 3.63) is 71.9 Å². The van der Waals surface area contributed by atoms with Gasteiger partial charge in [0.1, 0.15) is 5.82 Å². The van der Waals surface area contributed by atoms with E-state index < -0.39 is 0 Å². The third-order valence-electron chi connectivity index (χ3n) is 3.87. The van der Waals surface area contributed by atoms with Crippen LogP contribution in [0.5, 0.6) is 0 Å². The van der Waals surface area contributed by atoms with Crippen molar-refractivity contribution in [2.75, 3.05) is 11.1 Å². The second kappa shape index (κ2) is 4.63. The lowest BCUT2D eigenvalue weighted by Gasteiger charge is -2.23. The van der Waals surface area contributed by atoms with Crippen LogP contribution in [-0.2, 0) is 0 Å². The van der Waals surface area contributed by atoms with Crippen LogP contribution in [0.4, 0.5) is 11.5 Å². The summed E-state index contributed by atoms with van der Waals surface area (Å²) in [5.74, 6) is 0.546. The zero-order valence-electron chi connectivity index (χ0n) is 11.5. The van der Waals surface area contributed by atoms with Gasteiger partial charge in [0, 0.05) is 11.9 Å². The summed E-state index contributed by atoms with van der Waals surface area (Å²) in [6.07, 6.45) is 6.15. The van der Waals surface area contributed by atoms with Gasteiger partial charge in [-0.05, 0) is 40.1 Å². The maximum absolute atomic E-state index is 5.65. The van der Waals surface area contributed by atoms with Gasteiger partial charge in [0.25, 0.3) is 0 Å². The monoisotopic (exact) mass is 273 g/mol. The SMILES string of the molecule is Nc1ccc(C2C=Cc3cc4ccccc4cc3N2)cn1. The average molecular weight is 273 g/mol. The Bertz CT molecular complexity index is 835. The highest BCUT2D eigenvalue weighted by atomic mass is 14.9. The number of nitrogens with one attached hydrogen (secondary N) is 1. The number of aromatic nitrogens is 1. The third-order valence-corrected chi connectivity index (χ3v) is 3.87. The molecule has 0 fully saturated rings. The molecule has 3 heteroatoms. The van der Waals surface area contributed by atoms with E-state index in [2.05, 4.69) is 58.9 Å². The summed E-state index contributed by atoms with van der Waals surface area (Å²) in [6.45, 7) is 0. The topological polar surface area (TPSA) is 50.9 Å². The van der Waals surface area contributed by atoms with Gasteiger partial charge in [0.2, 0.25) is 0 Å². The minimum absolute atomic E-state index is 0.131. The van der Waals surface area contributed by atoms with Crippen molar-refractivity contribution < 1.29 is 0 Å². The standard InChI is InChI=1S/C18H15N3/c19-18-8-6-15(11-20-18)16-7-5-14-9-12-3-1-2-4-13(12)10-17(14)21-16/h1-11,16,21H,(H2,19,20). The fraction of sp³-hybridized carbons (Fsp3) is 0.0556. The summed E-state index contributed by atoms with van der Waals surface area (Å²) in [7, 11) is 0. The molecule has 21 heavy (non-hydrogen) atoms. The molecule has 0 aliphatic carbocycles. The minimum atomic E-state index is 0.131. The highest BCUT2D eigenvalue weighted by molar-refractivity contribution is 5.91. The highest BCUT2D eigenvalue weighted by Gasteiger charge is 2.15. The molecule has 0 bridgehead atoms. The second-order valence-electron chi connectivity index (χ2n) is 5.28. The van der Waals surface area contributed by atoms with Crippen LogP contribution in [0.15, 0.2) is 60.8 Å². The summed E-state index contributed by atoms with van der Waals surface area (Å²) in [5, 5.41) is 6.06. The van der Waals surface area contributed by atoms with E-state index in [1.807, 2.05) is 18.3 Å². The lowest BCUT2D eigenvalue weighted by atomic mass is 9.98. The van der Waals surface area contributed by atoms with E-state index in [1.54, 1.807) is 0 Å². The number of benzene rings is 2. The highest BCUT2D eigenvalue weighted by Crippen LogP contribution is 2.33. The summed E-state index contributed by atoms with van der Waals surface area (Å²) in [6, 6.07) is 16.8. The van der Waals surface area contributed by atoms with E-state index in [1.165, 1.54) is 16.3 Å². The Morgan fingerprint density at radius 2 is 1.81 bits per heavy atom. The predicted octanol–water partition coefficient (Wildman–Crippen LogP) is 4.00. The van der Waals surface area contributed by atoms with Crippen LogP contribution in [0.2, 0.25) is 0 Å². The zero-order chi connectivity index (χ0) is 14.2. The predicted molar refractivity (Wildman–Crippen MR) is 88.0 cm³/mol. The number of nitrogen functional groups attached to an aromatic ring is 1. The van der Waals surface area contributed by atoms with Gasteiger partial charge in [-0.25, -0.2) is 4.98 Å². The van der Waals surface area contributed by atoms with Gasteiger partial charge in [-0.2, -0.15) is 0 Å². The third kappa shape index (κ3) is 2.13. The maximum atomic E-state index is 5.65. The van der Waals surface area contributed by atoms with Crippen LogP contribution in [0.3, 0.4) is 0 Å². The molecule has 1 aliphatic heterocycles. The van der Waals surface area contributed by atoms with Crippen molar-refractivity contribution in [1.82, 2.24) is 4.98 Å². The van der Waals surface area contributed by atoms with Gasteiger partial charge in [0.05, 0.1) is 6.04 Å². The molecular formula is C18H15N3. The number of anilines is 2.